The van der Waals surface area contributed by atoms with Gasteiger partial charge in [-0.15, -0.1) is 6.42 Å². The Hall–Kier alpha value is -2.33. The molecular formula is C25H33NO4S. The Morgan fingerprint density at radius 2 is 1.74 bits per heavy atom. The number of sulfonamides is 1. The molecule has 0 heterocycles. The van der Waals surface area contributed by atoms with Gasteiger partial charge in [0, 0.05) is 6.04 Å². The van der Waals surface area contributed by atoms with E-state index in [1.807, 2.05) is 58.0 Å². The monoisotopic (exact) mass is 443 g/mol. The largest absolute Gasteiger partial charge is 0.496 e. The van der Waals surface area contributed by atoms with Gasteiger partial charge in [-0.2, -0.15) is 0 Å². The van der Waals surface area contributed by atoms with Gasteiger partial charge < -0.3 is 9.84 Å². The second-order valence-electron chi connectivity index (χ2n) is 8.32. The smallest absolute Gasteiger partial charge is 0.241 e. The van der Waals surface area contributed by atoms with E-state index in [0.717, 1.165) is 16.7 Å². The molecule has 2 N–H and O–H groups in total. The van der Waals surface area contributed by atoms with Crippen LogP contribution in [-0.4, -0.2) is 32.8 Å². The number of rotatable bonds is 9. The Kier molecular flexibility index (Phi) is 8.30. The summed E-state index contributed by atoms with van der Waals surface area (Å²) in [7, 11) is -2.34. The summed E-state index contributed by atoms with van der Waals surface area (Å²) in [5.41, 5.74) is 3.07. The Labute approximate surface area is 186 Å². The van der Waals surface area contributed by atoms with Crippen LogP contribution in [0.15, 0.2) is 41.3 Å². The van der Waals surface area contributed by atoms with Crippen molar-refractivity contribution < 1.29 is 18.3 Å². The zero-order chi connectivity index (χ0) is 23.3. The molecule has 0 amide bonds. The van der Waals surface area contributed by atoms with Crippen LogP contribution in [0.5, 0.6) is 5.75 Å². The number of aliphatic hydroxyl groups is 1. The molecule has 2 rings (SSSR count). The summed E-state index contributed by atoms with van der Waals surface area (Å²) >= 11 is 0. The van der Waals surface area contributed by atoms with Crippen LogP contribution in [0, 0.1) is 45.0 Å². The third kappa shape index (κ3) is 5.68. The number of hydrogen-bond donors (Lipinski definition) is 2. The van der Waals surface area contributed by atoms with E-state index < -0.39 is 28.1 Å². The molecule has 5 nitrogen and oxygen atoms in total. The van der Waals surface area contributed by atoms with E-state index in [2.05, 4.69) is 10.6 Å². The van der Waals surface area contributed by atoms with E-state index in [1.165, 1.54) is 0 Å². The molecule has 0 saturated carbocycles. The van der Waals surface area contributed by atoms with Crippen molar-refractivity contribution in [3.63, 3.8) is 0 Å². The maximum Gasteiger partial charge on any atom is 0.241 e. The number of methoxy groups -OCH3 is 1. The quantitative estimate of drug-likeness (QED) is 0.579. The summed E-state index contributed by atoms with van der Waals surface area (Å²) in [5, 5.41) is 10.7. The summed E-state index contributed by atoms with van der Waals surface area (Å²) < 4.78 is 35.2. The molecule has 0 bridgehead atoms. The first kappa shape index (κ1) is 24.9. The van der Waals surface area contributed by atoms with Crippen molar-refractivity contribution in [3.8, 4) is 18.1 Å². The lowest BCUT2D eigenvalue weighted by molar-refractivity contribution is 0.0748. The Morgan fingerprint density at radius 3 is 2.26 bits per heavy atom. The second-order valence-corrected chi connectivity index (χ2v) is 10.0. The van der Waals surface area contributed by atoms with E-state index in [4.69, 9.17) is 11.2 Å². The standard InChI is InChI=1S/C25H33NO4S/c1-8-21(24(27)16(2)3)22(15-20-12-10-9-11-13-20)26-31(28,29)23-14-17(4)25(30-7)19(6)18(23)5/h1,9-14,16,21-22,24,26-27H,15H2,2-7H3/t21-,22+,24-/m1/s1. The third-order valence-corrected chi connectivity index (χ3v) is 7.37. The number of aliphatic hydroxyl groups excluding tert-OH is 1. The predicted molar refractivity (Wildman–Crippen MR) is 125 cm³/mol. The molecule has 0 aliphatic heterocycles. The lowest BCUT2D eigenvalue weighted by Crippen LogP contribution is -2.47. The second kappa shape index (κ2) is 10.3. The topological polar surface area (TPSA) is 75.6 Å². The molecule has 0 unspecified atom stereocenters. The lowest BCUT2D eigenvalue weighted by Gasteiger charge is -2.30. The first-order valence-electron chi connectivity index (χ1n) is 10.4. The molecule has 6 heteroatoms. The van der Waals surface area contributed by atoms with Crippen LogP contribution in [0.4, 0.5) is 0 Å². The fourth-order valence-electron chi connectivity index (χ4n) is 3.85. The van der Waals surface area contributed by atoms with Gasteiger partial charge in [0.25, 0.3) is 0 Å². The normalized spacial score (nSPS) is 14.7. The Morgan fingerprint density at radius 1 is 1.13 bits per heavy atom. The fourth-order valence-corrected chi connectivity index (χ4v) is 5.50. The van der Waals surface area contributed by atoms with Crippen LogP contribution in [0.1, 0.15) is 36.1 Å². The van der Waals surface area contributed by atoms with E-state index in [9.17, 15) is 13.5 Å². The number of aryl methyl sites for hydroxylation is 1. The maximum atomic E-state index is 13.5. The molecule has 0 fully saturated rings. The molecule has 0 spiro atoms. The van der Waals surface area contributed by atoms with E-state index in [-0.39, 0.29) is 10.8 Å². The summed E-state index contributed by atoms with van der Waals surface area (Å²) in [6.45, 7) is 9.15. The van der Waals surface area contributed by atoms with Crippen LogP contribution < -0.4 is 9.46 Å². The average Bonchev–Trinajstić information content (AvgIpc) is 2.71. The number of nitrogens with one attached hydrogen (secondary N) is 1. The van der Waals surface area contributed by atoms with Crippen molar-refractivity contribution in [2.24, 2.45) is 11.8 Å². The highest BCUT2D eigenvalue weighted by Crippen LogP contribution is 2.31. The molecule has 3 atom stereocenters. The van der Waals surface area contributed by atoms with Gasteiger partial charge in [0.2, 0.25) is 10.0 Å². The van der Waals surface area contributed by atoms with Crippen molar-refractivity contribution in [3.05, 3.63) is 58.7 Å². The highest BCUT2D eigenvalue weighted by molar-refractivity contribution is 7.89. The molecule has 0 aromatic heterocycles. The molecule has 0 aliphatic carbocycles. The predicted octanol–water partition coefficient (Wildman–Crippen LogP) is 3.78. The SMILES string of the molecule is C#C[C@H]([C@H](Cc1ccccc1)NS(=O)(=O)c1cc(C)c(OC)c(C)c1C)[C@H](O)C(C)C. The van der Waals surface area contributed by atoms with Gasteiger partial charge in [-0.05, 0) is 61.4 Å². The molecule has 2 aromatic carbocycles. The van der Waals surface area contributed by atoms with Gasteiger partial charge in [-0.1, -0.05) is 50.1 Å². The van der Waals surface area contributed by atoms with Crippen molar-refractivity contribution in [1.29, 1.82) is 0 Å². The maximum absolute atomic E-state index is 13.5. The highest BCUT2D eigenvalue weighted by atomic mass is 32.2. The van der Waals surface area contributed by atoms with E-state index in [1.54, 1.807) is 20.1 Å². The van der Waals surface area contributed by atoms with Crippen LogP contribution in [0.25, 0.3) is 0 Å². The van der Waals surface area contributed by atoms with Gasteiger partial charge in [0.05, 0.1) is 24.0 Å². The zero-order valence-corrected chi connectivity index (χ0v) is 20.0. The van der Waals surface area contributed by atoms with Crippen LogP contribution >= 0.6 is 0 Å². The van der Waals surface area contributed by atoms with Gasteiger partial charge >= 0.3 is 0 Å². The molecule has 31 heavy (non-hydrogen) atoms. The number of terminal acetylenes is 1. The van der Waals surface area contributed by atoms with E-state index >= 15 is 0 Å². The number of hydrogen-bond acceptors (Lipinski definition) is 4. The van der Waals surface area contributed by atoms with Crippen molar-refractivity contribution >= 4 is 10.0 Å². The summed E-state index contributed by atoms with van der Waals surface area (Å²) in [4.78, 5) is 0.191. The molecular weight excluding hydrogens is 410 g/mol. The van der Waals surface area contributed by atoms with Crippen molar-refractivity contribution in [2.75, 3.05) is 7.11 Å². The summed E-state index contributed by atoms with van der Waals surface area (Å²) in [5.74, 6) is 2.51. The molecule has 168 valence electrons. The first-order valence-corrected chi connectivity index (χ1v) is 11.9. The minimum atomic E-state index is -3.91. The molecule has 0 radical (unpaired) electrons. The van der Waals surface area contributed by atoms with Gasteiger partial charge in [0.1, 0.15) is 5.75 Å². The fraction of sp³-hybridized carbons (Fsp3) is 0.440. The lowest BCUT2D eigenvalue weighted by atomic mass is 9.85. The summed E-state index contributed by atoms with van der Waals surface area (Å²) in [6.07, 6.45) is 5.30. The Bertz CT molecular complexity index is 1040. The van der Waals surface area contributed by atoms with Gasteiger partial charge in [-0.25, -0.2) is 13.1 Å². The van der Waals surface area contributed by atoms with E-state index in [0.29, 0.717) is 17.7 Å². The zero-order valence-electron chi connectivity index (χ0n) is 19.1. The third-order valence-electron chi connectivity index (χ3n) is 5.75. The van der Waals surface area contributed by atoms with Crippen molar-refractivity contribution in [1.82, 2.24) is 4.72 Å². The Balaban J connectivity index is 2.51. The molecule has 0 saturated heterocycles. The minimum absolute atomic E-state index is 0.115. The summed E-state index contributed by atoms with van der Waals surface area (Å²) in [6, 6.07) is 10.5. The van der Waals surface area contributed by atoms with Gasteiger partial charge in [0.15, 0.2) is 0 Å². The van der Waals surface area contributed by atoms with Crippen LogP contribution in [0.2, 0.25) is 0 Å². The minimum Gasteiger partial charge on any atom is -0.496 e. The first-order chi connectivity index (χ1) is 14.5. The number of benzene rings is 2. The average molecular weight is 444 g/mol. The van der Waals surface area contributed by atoms with Crippen LogP contribution in [-0.2, 0) is 16.4 Å². The number of ether oxygens (including phenoxy) is 1. The molecule has 2 aromatic rings. The highest BCUT2D eigenvalue weighted by Gasteiger charge is 2.33. The molecule has 0 aliphatic rings. The van der Waals surface area contributed by atoms with Gasteiger partial charge in [-0.3, -0.25) is 0 Å². The van der Waals surface area contributed by atoms with Crippen molar-refractivity contribution in [2.45, 2.75) is 58.1 Å². The van der Waals surface area contributed by atoms with Crippen LogP contribution in [0.3, 0.4) is 0 Å².